The van der Waals surface area contributed by atoms with Crippen molar-refractivity contribution in [2.75, 3.05) is 10.6 Å². The highest BCUT2D eigenvalue weighted by Crippen LogP contribution is 2.43. The fourth-order valence-electron chi connectivity index (χ4n) is 4.28. The number of benzene rings is 1. The molecule has 1 atom stereocenters. The summed E-state index contributed by atoms with van der Waals surface area (Å²) in [7, 11) is 0. The molecule has 3 heterocycles. The zero-order valence-electron chi connectivity index (χ0n) is 16.8. The smallest absolute Gasteiger partial charge is 0.261 e. The number of amides is 1. The van der Waals surface area contributed by atoms with Crippen LogP contribution in [0.1, 0.15) is 44.7 Å². The van der Waals surface area contributed by atoms with Crippen molar-refractivity contribution in [2.45, 2.75) is 44.6 Å². The highest BCUT2D eigenvalue weighted by molar-refractivity contribution is 6.06. The molecule has 1 fully saturated rings. The van der Waals surface area contributed by atoms with Gasteiger partial charge in [0.15, 0.2) is 5.82 Å². The van der Waals surface area contributed by atoms with E-state index in [9.17, 15) is 14.9 Å². The Morgan fingerprint density at radius 3 is 2.87 bits per heavy atom. The molecule has 1 aliphatic heterocycles. The van der Waals surface area contributed by atoms with Crippen molar-refractivity contribution in [3.05, 3.63) is 46.4 Å². The molecule has 1 unspecified atom stereocenters. The second kappa shape index (κ2) is 6.46. The van der Waals surface area contributed by atoms with Crippen molar-refractivity contribution in [2.24, 2.45) is 5.92 Å². The summed E-state index contributed by atoms with van der Waals surface area (Å²) in [6, 6.07) is 9.70. The Balaban J connectivity index is 1.58. The molecular weight excluding hydrogens is 380 g/mol. The molecule has 30 heavy (non-hydrogen) atoms. The van der Waals surface area contributed by atoms with Crippen LogP contribution in [0.2, 0.25) is 0 Å². The third-order valence-corrected chi connectivity index (χ3v) is 6.18. The van der Waals surface area contributed by atoms with E-state index >= 15 is 0 Å². The third kappa shape index (κ3) is 2.77. The van der Waals surface area contributed by atoms with Crippen LogP contribution in [0.25, 0.3) is 10.9 Å². The van der Waals surface area contributed by atoms with Crippen LogP contribution in [0, 0.1) is 17.2 Å². The minimum atomic E-state index is -0.575. The predicted octanol–water partition coefficient (Wildman–Crippen LogP) is 3.56. The van der Waals surface area contributed by atoms with Crippen molar-refractivity contribution in [1.29, 1.82) is 5.26 Å². The molecule has 8 heteroatoms. The minimum Gasteiger partial charge on any atom is -0.338 e. The Kier molecular flexibility index (Phi) is 3.97. The van der Waals surface area contributed by atoms with E-state index in [1.807, 2.05) is 42.8 Å². The van der Waals surface area contributed by atoms with Gasteiger partial charge in [0.1, 0.15) is 5.39 Å². The quantitative estimate of drug-likeness (QED) is 0.603. The number of carbonyl (C=O) groups is 1. The third-order valence-electron chi connectivity index (χ3n) is 6.18. The lowest BCUT2D eigenvalue weighted by Gasteiger charge is -2.15. The van der Waals surface area contributed by atoms with E-state index in [4.69, 9.17) is 5.10 Å². The molecule has 0 radical (unpaired) electrons. The van der Waals surface area contributed by atoms with Gasteiger partial charge in [0, 0.05) is 17.6 Å². The molecule has 0 saturated heterocycles. The Morgan fingerprint density at radius 2 is 2.13 bits per heavy atom. The first kappa shape index (κ1) is 18.4. The zero-order valence-corrected chi connectivity index (χ0v) is 16.8. The first-order chi connectivity index (χ1) is 14.4. The lowest BCUT2D eigenvalue weighted by Crippen LogP contribution is -2.26. The molecule has 152 valence electrons. The summed E-state index contributed by atoms with van der Waals surface area (Å²) >= 11 is 0. The molecule has 1 amide bonds. The van der Waals surface area contributed by atoms with Crippen LogP contribution in [0.5, 0.6) is 0 Å². The Hall–Kier alpha value is -3.60. The number of nitrogens with zero attached hydrogens (tertiary/aromatic N) is 3. The number of aromatic amines is 1. The van der Waals surface area contributed by atoms with Gasteiger partial charge in [-0.2, -0.15) is 10.4 Å². The highest BCUT2D eigenvalue weighted by Gasteiger charge is 2.38. The average Bonchev–Trinajstić information content (AvgIpc) is 3.44. The van der Waals surface area contributed by atoms with Gasteiger partial charge in [-0.3, -0.25) is 14.3 Å². The maximum atomic E-state index is 12.6. The van der Waals surface area contributed by atoms with E-state index in [0.717, 1.165) is 29.8 Å². The van der Waals surface area contributed by atoms with Crippen LogP contribution >= 0.6 is 0 Å². The monoisotopic (exact) mass is 402 g/mol. The second-order valence-electron chi connectivity index (χ2n) is 8.59. The van der Waals surface area contributed by atoms with Gasteiger partial charge in [0.2, 0.25) is 5.91 Å². The number of anilines is 3. The number of nitrogens with one attached hydrogen (secondary N) is 3. The standard InChI is InChI=1S/C22H22N6O2/c1-22(2)14-6-5-13(11-15(14)26-21(22)30)25-19-18-17(8-10-24-20(18)29)28(27-19)16(7-9-23)12-3-4-12/h5-6,8,10-12,16H,3-4,7H2,1-2H3,(H,24,29)(H,25,27)(H,26,30). The number of nitriles is 1. The SMILES string of the molecule is CC1(C)C(=O)Nc2cc(Nc3nn(C(CC#N)C4CC4)c4cc[nH]c(=O)c34)ccc21. The van der Waals surface area contributed by atoms with Gasteiger partial charge in [-0.05, 0) is 56.4 Å². The Morgan fingerprint density at radius 1 is 1.33 bits per heavy atom. The number of fused-ring (bicyclic) bond motifs is 2. The van der Waals surface area contributed by atoms with Crippen LogP contribution in [0.15, 0.2) is 35.3 Å². The molecule has 8 nitrogen and oxygen atoms in total. The summed E-state index contributed by atoms with van der Waals surface area (Å²) in [6.45, 7) is 3.78. The van der Waals surface area contributed by atoms with E-state index in [-0.39, 0.29) is 17.5 Å². The van der Waals surface area contributed by atoms with Crippen LogP contribution in [-0.4, -0.2) is 20.7 Å². The van der Waals surface area contributed by atoms with Gasteiger partial charge in [-0.15, -0.1) is 0 Å². The predicted molar refractivity (Wildman–Crippen MR) is 114 cm³/mol. The largest absolute Gasteiger partial charge is 0.338 e. The molecule has 2 aromatic heterocycles. The van der Waals surface area contributed by atoms with Gasteiger partial charge in [0.25, 0.3) is 5.56 Å². The molecule has 3 N–H and O–H groups in total. The van der Waals surface area contributed by atoms with E-state index in [1.165, 1.54) is 0 Å². The summed E-state index contributed by atoms with van der Waals surface area (Å²) in [4.78, 5) is 27.6. The number of carbonyl (C=O) groups excluding carboxylic acids is 1. The molecule has 0 spiro atoms. The fourth-order valence-corrected chi connectivity index (χ4v) is 4.28. The summed E-state index contributed by atoms with van der Waals surface area (Å²) in [5.74, 6) is 0.820. The summed E-state index contributed by atoms with van der Waals surface area (Å²) in [6.07, 6.45) is 4.10. The van der Waals surface area contributed by atoms with Crippen molar-refractivity contribution in [3.63, 3.8) is 0 Å². The lowest BCUT2D eigenvalue weighted by molar-refractivity contribution is -0.119. The molecule has 5 rings (SSSR count). The van der Waals surface area contributed by atoms with Crippen molar-refractivity contribution >= 4 is 34.0 Å². The first-order valence-corrected chi connectivity index (χ1v) is 10.1. The Labute approximate surface area is 172 Å². The van der Waals surface area contributed by atoms with Crippen molar-refractivity contribution < 1.29 is 4.79 Å². The molecular formula is C22H22N6O2. The summed E-state index contributed by atoms with van der Waals surface area (Å²) in [5.41, 5.74) is 2.33. The van der Waals surface area contributed by atoms with Crippen molar-refractivity contribution in [3.8, 4) is 6.07 Å². The fraction of sp³-hybridized carbons (Fsp3) is 0.364. The normalized spacial score (nSPS) is 18.0. The van der Waals surface area contributed by atoms with E-state index in [2.05, 4.69) is 21.7 Å². The van der Waals surface area contributed by atoms with Crippen LogP contribution in [0.3, 0.4) is 0 Å². The maximum absolute atomic E-state index is 12.6. The summed E-state index contributed by atoms with van der Waals surface area (Å²) in [5, 5.41) is 20.6. The van der Waals surface area contributed by atoms with Gasteiger partial charge < -0.3 is 15.6 Å². The number of hydrogen-bond acceptors (Lipinski definition) is 5. The average molecular weight is 402 g/mol. The highest BCUT2D eigenvalue weighted by atomic mass is 16.2. The number of H-pyrrole nitrogens is 1. The van der Waals surface area contributed by atoms with Crippen LogP contribution in [0.4, 0.5) is 17.2 Å². The summed E-state index contributed by atoms with van der Waals surface area (Å²) < 4.78 is 1.83. The van der Waals surface area contributed by atoms with Gasteiger partial charge in [0.05, 0.1) is 29.5 Å². The van der Waals surface area contributed by atoms with Gasteiger partial charge in [-0.25, -0.2) is 0 Å². The topological polar surface area (TPSA) is 116 Å². The van der Waals surface area contributed by atoms with E-state index in [0.29, 0.717) is 29.1 Å². The second-order valence-corrected chi connectivity index (χ2v) is 8.59. The molecule has 0 bridgehead atoms. The number of pyridine rings is 1. The van der Waals surface area contributed by atoms with Crippen molar-refractivity contribution in [1.82, 2.24) is 14.8 Å². The molecule has 1 aliphatic carbocycles. The zero-order chi connectivity index (χ0) is 21.0. The van der Waals surface area contributed by atoms with E-state index in [1.54, 1.807) is 6.20 Å². The Bertz CT molecular complexity index is 1280. The van der Waals surface area contributed by atoms with E-state index < -0.39 is 5.41 Å². The number of hydrogen-bond donors (Lipinski definition) is 3. The lowest BCUT2D eigenvalue weighted by atomic mass is 9.86. The number of rotatable bonds is 5. The molecule has 2 aliphatic rings. The molecule has 1 saturated carbocycles. The molecule has 1 aromatic carbocycles. The minimum absolute atomic E-state index is 0.0374. The first-order valence-electron chi connectivity index (χ1n) is 10.1. The van der Waals surface area contributed by atoms with Gasteiger partial charge in [-0.1, -0.05) is 6.07 Å². The number of aromatic nitrogens is 3. The van der Waals surface area contributed by atoms with Gasteiger partial charge >= 0.3 is 0 Å². The van der Waals surface area contributed by atoms with Crippen LogP contribution < -0.4 is 16.2 Å². The van der Waals surface area contributed by atoms with Crippen LogP contribution in [-0.2, 0) is 10.2 Å². The molecule has 3 aromatic rings. The maximum Gasteiger partial charge on any atom is 0.261 e.